The van der Waals surface area contributed by atoms with Gasteiger partial charge in [-0.15, -0.1) is 0 Å². The Bertz CT molecular complexity index is 319. The van der Waals surface area contributed by atoms with E-state index in [2.05, 4.69) is 4.90 Å². The topological polar surface area (TPSA) is 49.5 Å². The zero-order chi connectivity index (χ0) is 9.97. The number of benzene rings is 1. The average molecular weight is 192 g/mol. The van der Waals surface area contributed by atoms with Crippen molar-refractivity contribution in [2.24, 2.45) is 0 Å². The third kappa shape index (κ3) is 1.76. The lowest BCUT2D eigenvalue weighted by atomic mass is 10.1. The summed E-state index contributed by atoms with van der Waals surface area (Å²) in [5.41, 5.74) is 7.29. The van der Waals surface area contributed by atoms with Gasteiger partial charge < -0.3 is 15.7 Å². The Morgan fingerprint density at radius 3 is 2.57 bits per heavy atom. The quantitative estimate of drug-likeness (QED) is 0.528. The first-order valence-corrected chi connectivity index (χ1v) is 5.11. The van der Waals surface area contributed by atoms with Crippen LogP contribution in [-0.2, 0) is 0 Å². The average Bonchev–Trinajstić information content (AvgIpc) is 2.23. The zero-order valence-corrected chi connectivity index (χ0v) is 8.24. The largest absolute Gasteiger partial charge is 0.506 e. The van der Waals surface area contributed by atoms with Gasteiger partial charge in [-0.1, -0.05) is 0 Å². The van der Waals surface area contributed by atoms with Gasteiger partial charge in [0.05, 0.1) is 5.69 Å². The maximum atomic E-state index is 9.69. The van der Waals surface area contributed by atoms with E-state index in [1.165, 1.54) is 19.3 Å². The molecule has 1 heterocycles. The molecular formula is C11H16N2O. The van der Waals surface area contributed by atoms with Gasteiger partial charge in [0.15, 0.2) is 0 Å². The van der Waals surface area contributed by atoms with Crippen LogP contribution in [0.2, 0.25) is 0 Å². The maximum Gasteiger partial charge on any atom is 0.139 e. The number of phenols is 1. The van der Waals surface area contributed by atoms with Crippen molar-refractivity contribution in [3.8, 4) is 5.75 Å². The number of nitrogens with two attached hydrogens (primary N) is 1. The van der Waals surface area contributed by atoms with E-state index in [-0.39, 0.29) is 0 Å². The minimum absolute atomic E-state index is 0.334. The zero-order valence-electron chi connectivity index (χ0n) is 8.24. The van der Waals surface area contributed by atoms with E-state index < -0.39 is 0 Å². The van der Waals surface area contributed by atoms with Gasteiger partial charge in [0.25, 0.3) is 0 Å². The fourth-order valence-electron chi connectivity index (χ4n) is 1.93. The molecule has 0 aromatic heterocycles. The lowest BCUT2D eigenvalue weighted by Crippen LogP contribution is -2.29. The molecule has 3 nitrogen and oxygen atoms in total. The molecule has 14 heavy (non-hydrogen) atoms. The molecule has 0 radical (unpaired) electrons. The number of piperidine rings is 1. The smallest absolute Gasteiger partial charge is 0.139 e. The molecule has 0 aliphatic carbocycles. The Kier molecular flexibility index (Phi) is 2.48. The van der Waals surface area contributed by atoms with Crippen molar-refractivity contribution in [1.82, 2.24) is 0 Å². The van der Waals surface area contributed by atoms with Gasteiger partial charge in [0.1, 0.15) is 5.75 Å². The maximum absolute atomic E-state index is 9.69. The molecule has 2 rings (SSSR count). The van der Waals surface area contributed by atoms with Crippen LogP contribution >= 0.6 is 0 Å². The summed E-state index contributed by atoms with van der Waals surface area (Å²) in [5.74, 6) is 0.334. The van der Waals surface area contributed by atoms with Gasteiger partial charge in [0, 0.05) is 18.8 Å². The van der Waals surface area contributed by atoms with Crippen molar-refractivity contribution in [1.29, 1.82) is 0 Å². The van der Waals surface area contributed by atoms with Gasteiger partial charge >= 0.3 is 0 Å². The fraction of sp³-hybridized carbons (Fsp3) is 0.455. The molecule has 1 aliphatic heterocycles. The monoisotopic (exact) mass is 192 g/mol. The fourth-order valence-corrected chi connectivity index (χ4v) is 1.93. The Hall–Kier alpha value is -1.38. The molecule has 0 atom stereocenters. The summed E-state index contributed by atoms with van der Waals surface area (Å²) in [6.07, 6.45) is 3.70. The van der Waals surface area contributed by atoms with Gasteiger partial charge in [-0.3, -0.25) is 0 Å². The first-order valence-electron chi connectivity index (χ1n) is 5.11. The third-order valence-electron chi connectivity index (χ3n) is 2.70. The van der Waals surface area contributed by atoms with E-state index in [0.717, 1.165) is 18.8 Å². The number of hydrogen-bond donors (Lipinski definition) is 2. The number of rotatable bonds is 1. The Balaban J connectivity index is 2.24. The molecule has 3 N–H and O–H groups in total. The number of nitrogens with zero attached hydrogens (tertiary/aromatic N) is 1. The van der Waals surface area contributed by atoms with Crippen molar-refractivity contribution in [3.63, 3.8) is 0 Å². The molecular weight excluding hydrogens is 176 g/mol. The standard InChI is InChI=1S/C11H16N2O/c12-9-4-5-11(14)10(8-9)13-6-2-1-3-7-13/h4-5,8,14H,1-3,6-7,12H2. The first-order chi connectivity index (χ1) is 6.77. The minimum Gasteiger partial charge on any atom is -0.506 e. The van der Waals surface area contributed by atoms with Crippen LogP contribution in [0.1, 0.15) is 19.3 Å². The van der Waals surface area contributed by atoms with Crippen LogP contribution in [0.5, 0.6) is 5.75 Å². The van der Waals surface area contributed by atoms with Crippen molar-refractivity contribution in [2.75, 3.05) is 23.7 Å². The van der Waals surface area contributed by atoms with Crippen LogP contribution < -0.4 is 10.6 Å². The highest BCUT2D eigenvalue weighted by Gasteiger charge is 2.14. The van der Waals surface area contributed by atoms with Crippen LogP contribution in [0.15, 0.2) is 18.2 Å². The second kappa shape index (κ2) is 3.78. The van der Waals surface area contributed by atoms with E-state index in [0.29, 0.717) is 11.4 Å². The molecule has 1 aromatic rings. The molecule has 3 heteroatoms. The second-order valence-corrected chi connectivity index (χ2v) is 3.80. The highest BCUT2D eigenvalue weighted by molar-refractivity contribution is 5.64. The molecule has 1 aromatic carbocycles. The normalized spacial score (nSPS) is 17.0. The molecule has 0 amide bonds. The second-order valence-electron chi connectivity index (χ2n) is 3.80. The van der Waals surface area contributed by atoms with E-state index in [1.54, 1.807) is 12.1 Å². The molecule has 76 valence electrons. The van der Waals surface area contributed by atoms with Gasteiger partial charge in [-0.2, -0.15) is 0 Å². The highest BCUT2D eigenvalue weighted by atomic mass is 16.3. The van der Waals surface area contributed by atoms with E-state index in [4.69, 9.17) is 5.73 Å². The lowest BCUT2D eigenvalue weighted by molar-refractivity contribution is 0.469. The summed E-state index contributed by atoms with van der Waals surface area (Å²) in [7, 11) is 0. The molecule has 0 bridgehead atoms. The Morgan fingerprint density at radius 2 is 1.86 bits per heavy atom. The third-order valence-corrected chi connectivity index (χ3v) is 2.70. The Labute approximate surface area is 84.1 Å². The van der Waals surface area contributed by atoms with Gasteiger partial charge in [0.2, 0.25) is 0 Å². The van der Waals surface area contributed by atoms with Crippen molar-refractivity contribution in [3.05, 3.63) is 18.2 Å². The predicted octanol–water partition coefficient (Wildman–Crippen LogP) is 1.96. The van der Waals surface area contributed by atoms with Crippen LogP contribution in [0.4, 0.5) is 11.4 Å². The van der Waals surface area contributed by atoms with E-state index in [9.17, 15) is 5.11 Å². The summed E-state index contributed by atoms with van der Waals surface area (Å²) in [6.45, 7) is 2.05. The van der Waals surface area contributed by atoms with Gasteiger partial charge in [-0.05, 0) is 37.5 Å². The summed E-state index contributed by atoms with van der Waals surface area (Å²) < 4.78 is 0. The summed E-state index contributed by atoms with van der Waals surface area (Å²) in [5, 5.41) is 9.69. The van der Waals surface area contributed by atoms with Crippen LogP contribution in [0.25, 0.3) is 0 Å². The van der Waals surface area contributed by atoms with Crippen molar-refractivity contribution < 1.29 is 5.11 Å². The predicted molar refractivity (Wildman–Crippen MR) is 58.6 cm³/mol. The molecule has 0 unspecified atom stereocenters. The minimum atomic E-state index is 0.334. The summed E-state index contributed by atoms with van der Waals surface area (Å²) in [4.78, 5) is 2.20. The lowest BCUT2D eigenvalue weighted by Gasteiger charge is -2.29. The summed E-state index contributed by atoms with van der Waals surface area (Å²) >= 11 is 0. The van der Waals surface area contributed by atoms with Crippen molar-refractivity contribution in [2.45, 2.75) is 19.3 Å². The molecule has 1 aliphatic rings. The van der Waals surface area contributed by atoms with Crippen molar-refractivity contribution >= 4 is 11.4 Å². The van der Waals surface area contributed by atoms with E-state index in [1.807, 2.05) is 6.07 Å². The number of nitrogen functional groups attached to an aromatic ring is 1. The van der Waals surface area contributed by atoms with Crippen LogP contribution in [-0.4, -0.2) is 18.2 Å². The van der Waals surface area contributed by atoms with Crippen LogP contribution in [0.3, 0.4) is 0 Å². The number of anilines is 2. The van der Waals surface area contributed by atoms with E-state index >= 15 is 0 Å². The van der Waals surface area contributed by atoms with Gasteiger partial charge in [-0.25, -0.2) is 0 Å². The van der Waals surface area contributed by atoms with Crippen LogP contribution in [0, 0.1) is 0 Å². The molecule has 1 saturated heterocycles. The molecule has 1 fully saturated rings. The number of phenolic OH excluding ortho intramolecular Hbond substituents is 1. The Morgan fingerprint density at radius 1 is 1.14 bits per heavy atom. The molecule has 0 spiro atoms. The number of hydrogen-bond acceptors (Lipinski definition) is 3. The SMILES string of the molecule is Nc1ccc(O)c(N2CCCCC2)c1. The molecule has 0 saturated carbocycles. The summed E-state index contributed by atoms with van der Waals surface area (Å²) in [6, 6.07) is 5.24. The highest BCUT2D eigenvalue weighted by Crippen LogP contribution is 2.31. The number of aromatic hydroxyl groups is 1. The first kappa shape index (κ1) is 9.19.